The highest BCUT2D eigenvalue weighted by Crippen LogP contribution is 2.24. The second-order valence-electron chi connectivity index (χ2n) is 3.46. The maximum atomic E-state index is 10.4. The van der Waals surface area contributed by atoms with Gasteiger partial charge in [0.1, 0.15) is 12.0 Å². The Morgan fingerprint density at radius 3 is 2.64 bits per heavy atom. The number of benzene rings is 1. The van der Waals surface area contributed by atoms with Gasteiger partial charge in [-0.3, -0.25) is 4.79 Å². The maximum absolute atomic E-state index is 10.4. The highest BCUT2D eigenvalue weighted by atomic mass is 16.3. The van der Waals surface area contributed by atoms with Gasteiger partial charge < -0.3 is 5.11 Å². The average Bonchev–Trinajstić information content (AvgIpc) is 2.13. The number of carbonyl (C=O) groups is 1. The van der Waals surface area contributed by atoms with Crippen molar-refractivity contribution in [1.82, 2.24) is 0 Å². The predicted octanol–water partition coefficient (Wildman–Crippen LogP) is 2.63. The fourth-order valence-corrected chi connectivity index (χ4v) is 1.38. The lowest BCUT2D eigenvalue weighted by molar-refractivity contribution is -0.104. The van der Waals surface area contributed by atoms with Gasteiger partial charge in [-0.25, -0.2) is 0 Å². The molecule has 0 aliphatic rings. The average molecular weight is 190 g/mol. The van der Waals surface area contributed by atoms with Crippen LogP contribution in [0.15, 0.2) is 30.3 Å². The van der Waals surface area contributed by atoms with Crippen molar-refractivity contribution in [3.8, 4) is 5.75 Å². The Labute approximate surface area is 83.9 Å². The van der Waals surface area contributed by atoms with Gasteiger partial charge in [0, 0.05) is 0 Å². The second-order valence-corrected chi connectivity index (χ2v) is 3.46. The van der Waals surface area contributed by atoms with Gasteiger partial charge >= 0.3 is 0 Å². The van der Waals surface area contributed by atoms with E-state index < -0.39 is 0 Å². The van der Waals surface area contributed by atoms with Crippen molar-refractivity contribution >= 4 is 11.9 Å². The van der Waals surface area contributed by atoms with Crippen LogP contribution in [-0.2, 0) is 4.79 Å². The fraction of sp³-hybridized carbons (Fsp3) is 0.250. The molecule has 0 atom stereocenters. The van der Waals surface area contributed by atoms with Crippen LogP contribution in [0.2, 0.25) is 0 Å². The number of aldehydes is 1. The normalized spacial score (nSPS) is 11.8. The molecule has 74 valence electrons. The standard InChI is InChI=1S/C12H14O2/c1-9(2)12(6-7-13)10-4-3-5-11(14)8-10/h3-9,14H,1-2H3/b12-6-. The van der Waals surface area contributed by atoms with Crippen molar-refractivity contribution in [2.75, 3.05) is 0 Å². The van der Waals surface area contributed by atoms with Crippen LogP contribution in [0.1, 0.15) is 19.4 Å². The minimum absolute atomic E-state index is 0.222. The van der Waals surface area contributed by atoms with Crippen LogP contribution in [-0.4, -0.2) is 11.4 Å². The molecule has 0 saturated heterocycles. The Balaban J connectivity index is 3.12. The van der Waals surface area contributed by atoms with Crippen molar-refractivity contribution in [2.24, 2.45) is 5.92 Å². The summed E-state index contributed by atoms with van der Waals surface area (Å²) in [5, 5.41) is 9.30. The molecule has 0 saturated carbocycles. The third-order valence-electron chi connectivity index (χ3n) is 2.05. The van der Waals surface area contributed by atoms with Crippen molar-refractivity contribution in [3.05, 3.63) is 35.9 Å². The Kier molecular flexibility index (Phi) is 3.46. The minimum Gasteiger partial charge on any atom is -0.508 e. The van der Waals surface area contributed by atoms with Crippen molar-refractivity contribution < 1.29 is 9.90 Å². The summed E-state index contributed by atoms with van der Waals surface area (Å²) in [6.07, 6.45) is 2.32. The van der Waals surface area contributed by atoms with Crippen LogP contribution < -0.4 is 0 Å². The van der Waals surface area contributed by atoms with E-state index in [1.807, 2.05) is 19.9 Å². The van der Waals surface area contributed by atoms with Crippen molar-refractivity contribution in [3.63, 3.8) is 0 Å². The Morgan fingerprint density at radius 1 is 1.43 bits per heavy atom. The van der Waals surface area contributed by atoms with Crippen LogP contribution in [0.3, 0.4) is 0 Å². The molecular formula is C12H14O2. The Bertz CT molecular complexity index is 351. The molecule has 0 unspecified atom stereocenters. The van der Waals surface area contributed by atoms with Gasteiger partial charge in [-0.05, 0) is 35.3 Å². The van der Waals surface area contributed by atoms with Gasteiger partial charge in [-0.2, -0.15) is 0 Å². The molecule has 0 bridgehead atoms. The van der Waals surface area contributed by atoms with Gasteiger partial charge in [0.2, 0.25) is 0 Å². The van der Waals surface area contributed by atoms with E-state index in [9.17, 15) is 9.90 Å². The van der Waals surface area contributed by atoms with Gasteiger partial charge in [0.15, 0.2) is 0 Å². The third kappa shape index (κ3) is 2.46. The number of hydrogen-bond donors (Lipinski definition) is 1. The van der Waals surface area contributed by atoms with Gasteiger partial charge in [0.05, 0.1) is 0 Å². The maximum Gasteiger partial charge on any atom is 0.143 e. The van der Waals surface area contributed by atoms with Crippen LogP contribution in [0.25, 0.3) is 5.57 Å². The topological polar surface area (TPSA) is 37.3 Å². The first-order valence-corrected chi connectivity index (χ1v) is 4.60. The van der Waals surface area contributed by atoms with Gasteiger partial charge in [0.25, 0.3) is 0 Å². The summed E-state index contributed by atoms with van der Waals surface area (Å²) >= 11 is 0. The molecular weight excluding hydrogens is 176 g/mol. The van der Waals surface area contributed by atoms with Crippen LogP contribution in [0.5, 0.6) is 5.75 Å². The van der Waals surface area contributed by atoms with E-state index in [0.717, 1.165) is 17.4 Å². The third-order valence-corrected chi connectivity index (χ3v) is 2.05. The van der Waals surface area contributed by atoms with Crippen molar-refractivity contribution in [1.29, 1.82) is 0 Å². The lowest BCUT2D eigenvalue weighted by Gasteiger charge is -2.10. The monoisotopic (exact) mass is 190 g/mol. The summed E-state index contributed by atoms with van der Waals surface area (Å²) < 4.78 is 0. The Morgan fingerprint density at radius 2 is 2.14 bits per heavy atom. The Hall–Kier alpha value is -1.57. The molecule has 0 spiro atoms. The summed E-state index contributed by atoms with van der Waals surface area (Å²) in [6.45, 7) is 4.03. The highest BCUT2D eigenvalue weighted by Gasteiger charge is 2.06. The predicted molar refractivity (Wildman–Crippen MR) is 57.0 cm³/mol. The molecule has 1 aromatic rings. The molecule has 0 aromatic heterocycles. The van der Waals surface area contributed by atoms with Gasteiger partial charge in [-0.15, -0.1) is 0 Å². The summed E-state index contributed by atoms with van der Waals surface area (Å²) in [5.41, 5.74) is 1.84. The van der Waals surface area contributed by atoms with Gasteiger partial charge in [-0.1, -0.05) is 26.0 Å². The number of allylic oxidation sites excluding steroid dienone is 2. The van der Waals surface area contributed by atoms with E-state index in [0.29, 0.717) is 0 Å². The molecule has 14 heavy (non-hydrogen) atoms. The highest BCUT2D eigenvalue weighted by molar-refractivity contribution is 5.82. The first-order chi connectivity index (χ1) is 6.65. The molecule has 0 fully saturated rings. The summed E-state index contributed by atoms with van der Waals surface area (Å²) in [7, 11) is 0. The smallest absolute Gasteiger partial charge is 0.143 e. The number of aromatic hydroxyl groups is 1. The lowest BCUT2D eigenvalue weighted by Crippen LogP contribution is -1.93. The van der Waals surface area contributed by atoms with Crippen LogP contribution in [0.4, 0.5) is 0 Å². The minimum atomic E-state index is 0.222. The van der Waals surface area contributed by atoms with E-state index in [1.165, 1.54) is 0 Å². The van der Waals surface area contributed by atoms with E-state index in [1.54, 1.807) is 24.3 Å². The number of hydrogen-bond acceptors (Lipinski definition) is 2. The zero-order valence-corrected chi connectivity index (χ0v) is 8.40. The number of phenolic OH excluding ortho intramolecular Hbond substituents is 1. The zero-order chi connectivity index (χ0) is 10.6. The SMILES string of the molecule is CC(C)/C(=C/C=O)c1cccc(O)c1. The molecule has 0 aliphatic carbocycles. The molecule has 1 rings (SSSR count). The van der Waals surface area contributed by atoms with E-state index >= 15 is 0 Å². The van der Waals surface area contributed by atoms with E-state index in [-0.39, 0.29) is 11.7 Å². The number of rotatable bonds is 3. The molecule has 1 N–H and O–H groups in total. The first kappa shape index (κ1) is 10.5. The molecule has 0 amide bonds. The molecule has 0 aliphatic heterocycles. The van der Waals surface area contributed by atoms with E-state index in [4.69, 9.17) is 0 Å². The fourth-order valence-electron chi connectivity index (χ4n) is 1.38. The summed E-state index contributed by atoms with van der Waals surface area (Å²) in [5.74, 6) is 0.488. The number of phenols is 1. The first-order valence-electron chi connectivity index (χ1n) is 4.60. The largest absolute Gasteiger partial charge is 0.508 e. The molecule has 0 radical (unpaired) electrons. The van der Waals surface area contributed by atoms with E-state index in [2.05, 4.69) is 0 Å². The second kappa shape index (κ2) is 4.61. The quantitative estimate of drug-likeness (QED) is 0.587. The summed E-state index contributed by atoms with van der Waals surface area (Å²) in [6, 6.07) is 6.93. The molecule has 0 heterocycles. The molecule has 2 nitrogen and oxygen atoms in total. The van der Waals surface area contributed by atoms with Crippen LogP contribution >= 0.6 is 0 Å². The molecule has 2 heteroatoms. The molecule has 1 aromatic carbocycles. The van der Waals surface area contributed by atoms with Crippen molar-refractivity contribution in [2.45, 2.75) is 13.8 Å². The van der Waals surface area contributed by atoms with Crippen LogP contribution in [0, 0.1) is 5.92 Å². The lowest BCUT2D eigenvalue weighted by atomic mass is 9.95. The number of carbonyl (C=O) groups excluding carboxylic acids is 1. The zero-order valence-electron chi connectivity index (χ0n) is 8.40. The summed E-state index contributed by atoms with van der Waals surface area (Å²) in [4.78, 5) is 10.4.